The van der Waals surface area contributed by atoms with Gasteiger partial charge in [-0.15, -0.1) is 0 Å². The minimum Gasteiger partial charge on any atom is -0.390 e. The highest BCUT2D eigenvalue weighted by Crippen LogP contribution is 2.26. The first-order chi connectivity index (χ1) is 13.2. The Morgan fingerprint density at radius 2 is 2.22 bits per heavy atom. The zero-order chi connectivity index (χ0) is 19.2. The van der Waals surface area contributed by atoms with Crippen molar-refractivity contribution in [2.45, 2.75) is 33.2 Å². The number of rotatable bonds is 6. The summed E-state index contributed by atoms with van der Waals surface area (Å²) in [5.41, 5.74) is 5.62. The van der Waals surface area contributed by atoms with Crippen LogP contribution in [0.4, 0.5) is 5.82 Å². The highest BCUT2D eigenvalue weighted by Gasteiger charge is 2.20. The third-order valence-electron chi connectivity index (χ3n) is 4.66. The number of anilines is 1. The van der Waals surface area contributed by atoms with Gasteiger partial charge in [-0.2, -0.15) is 5.26 Å². The van der Waals surface area contributed by atoms with Crippen LogP contribution in [0, 0.1) is 23.7 Å². The molecule has 0 saturated carbocycles. The lowest BCUT2D eigenvalue weighted by Crippen LogP contribution is -2.32. The number of nitriles is 1. The lowest BCUT2D eigenvalue weighted by Gasteiger charge is -2.30. The number of aromatic nitrogens is 2. The van der Waals surface area contributed by atoms with Gasteiger partial charge in [0.05, 0.1) is 5.56 Å². The Labute approximate surface area is 160 Å². The van der Waals surface area contributed by atoms with Crippen molar-refractivity contribution in [2.24, 2.45) is 0 Å². The van der Waals surface area contributed by atoms with Crippen LogP contribution in [-0.4, -0.2) is 29.3 Å². The summed E-state index contributed by atoms with van der Waals surface area (Å²) in [6.45, 7) is 6.56. The summed E-state index contributed by atoms with van der Waals surface area (Å²) < 4.78 is 0. The van der Waals surface area contributed by atoms with Gasteiger partial charge in [-0.3, -0.25) is 4.98 Å². The second-order valence-corrected chi connectivity index (χ2v) is 6.68. The summed E-state index contributed by atoms with van der Waals surface area (Å²) in [6, 6.07) is 6.14. The van der Waals surface area contributed by atoms with E-state index in [-0.39, 0.29) is 0 Å². The van der Waals surface area contributed by atoms with Crippen LogP contribution >= 0.6 is 0 Å². The molecule has 0 unspecified atom stereocenters. The molecule has 138 valence electrons. The van der Waals surface area contributed by atoms with Gasteiger partial charge in [0.1, 0.15) is 11.9 Å². The Bertz CT molecular complexity index is 909. The Kier molecular flexibility index (Phi) is 5.82. The predicted molar refractivity (Wildman–Crippen MR) is 108 cm³/mol. The van der Waals surface area contributed by atoms with E-state index >= 15 is 0 Å². The van der Waals surface area contributed by atoms with Crippen LogP contribution in [0.15, 0.2) is 30.7 Å². The van der Waals surface area contributed by atoms with Crippen molar-refractivity contribution in [3.63, 3.8) is 0 Å². The van der Waals surface area contributed by atoms with Gasteiger partial charge >= 0.3 is 0 Å². The number of aryl methyl sites for hydroxylation is 1. The zero-order valence-corrected chi connectivity index (χ0v) is 15.8. The van der Waals surface area contributed by atoms with E-state index in [1.165, 1.54) is 6.21 Å². The quantitative estimate of drug-likeness (QED) is 0.610. The maximum Gasteiger partial charge on any atom is 0.131 e. The monoisotopic (exact) mass is 360 g/mol. The Balaban J connectivity index is 1.85. The maximum atomic E-state index is 9.04. The molecule has 0 aliphatic carbocycles. The van der Waals surface area contributed by atoms with Crippen molar-refractivity contribution in [1.29, 1.82) is 10.7 Å². The molecule has 2 N–H and O–H groups in total. The first kappa shape index (κ1) is 18.6. The normalized spacial score (nSPS) is 13.7. The summed E-state index contributed by atoms with van der Waals surface area (Å²) in [5, 5.41) is 20.0. The number of nitrogens with one attached hydrogen (secondary N) is 2. The average Bonchev–Trinajstić information content (AvgIpc) is 2.70. The molecule has 2 aromatic heterocycles. The van der Waals surface area contributed by atoms with Gasteiger partial charge in [0.15, 0.2) is 0 Å². The van der Waals surface area contributed by atoms with Crippen LogP contribution < -0.4 is 10.2 Å². The van der Waals surface area contributed by atoms with Crippen molar-refractivity contribution in [2.75, 3.05) is 18.0 Å². The smallest absolute Gasteiger partial charge is 0.131 e. The molecule has 0 radical (unpaired) electrons. The predicted octanol–water partition coefficient (Wildman–Crippen LogP) is 3.21. The van der Waals surface area contributed by atoms with Crippen molar-refractivity contribution < 1.29 is 0 Å². The molecule has 1 aliphatic rings. The van der Waals surface area contributed by atoms with Gasteiger partial charge in [-0.05, 0) is 36.6 Å². The number of hydrogen-bond acceptors (Lipinski definition) is 6. The van der Waals surface area contributed by atoms with Gasteiger partial charge in [-0.25, -0.2) is 4.98 Å². The Morgan fingerprint density at radius 1 is 1.37 bits per heavy atom. The lowest BCUT2D eigenvalue weighted by molar-refractivity contribution is 0.700. The number of allylic oxidation sites excluding steroid dienone is 1. The largest absolute Gasteiger partial charge is 0.390 e. The molecule has 0 fully saturated rings. The fourth-order valence-corrected chi connectivity index (χ4v) is 3.26. The molecule has 1 aliphatic heterocycles. The lowest BCUT2D eigenvalue weighted by atomic mass is 10.0. The Hall–Kier alpha value is -3.20. The van der Waals surface area contributed by atoms with Crippen molar-refractivity contribution in [3.8, 4) is 6.07 Å². The summed E-state index contributed by atoms with van der Waals surface area (Å²) in [5.74, 6) is 0.914. The Morgan fingerprint density at radius 3 is 2.93 bits per heavy atom. The molecule has 0 spiro atoms. The number of hydrogen-bond donors (Lipinski definition) is 2. The average molecular weight is 360 g/mol. The van der Waals surface area contributed by atoms with Gasteiger partial charge in [-0.1, -0.05) is 6.92 Å². The molecule has 6 nitrogen and oxygen atoms in total. The van der Waals surface area contributed by atoms with E-state index < -0.39 is 0 Å². The molecule has 0 atom stereocenters. The molecule has 3 rings (SSSR count). The minimum atomic E-state index is 0.581. The number of fused-ring (bicyclic) bond motifs is 1. The maximum absolute atomic E-state index is 9.04. The van der Waals surface area contributed by atoms with Crippen LogP contribution in [-0.2, 0) is 13.0 Å². The molecule has 27 heavy (non-hydrogen) atoms. The van der Waals surface area contributed by atoms with E-state index in [9.17, 15) is 0 Å². The highest BCUT2D eigenvalue weighted by molar-refractivity contribution is 6.08. The molecular weight excluding hydrogens is 336 g/mol. The molecule has 0 bridgehead atoms. The highest BCUT2D eigenvalue weighted by atomic mass is 15.2. The fraction of sp³-hybridized carbons (Fsp3) is 0.333. The van der Waals surface area contributed by atoms with Crippen LogP contribution in [0.25, 0.3) is 5.57 Å². The molecular formula is C21H24N6. The molecule has 0 aromatic carbocycles. The topological polar surface area (TPSA) is 88.7 Å². The summed E-state index contributed by atoms with van der Waals surface area (Å²) in [6.07, 6.45) is 8.61. The fourth-order valence-electron chi connectivity index (χ4n) is 3.26. The third-order valence-corrected chi connectivity index (χ3v) is 4.66. The zero-order valence-electron chi connectivity index (χ0n) is 15.8. The van der Waals surface area contributed by atoms with Gasteiger partial charge in [0.25, 0.3) is 0 Å². The first-order valence-electron chi connectivity index (χ1n) is 9.20. The van der Waals surface area contributed by atoms with Gasteiger partial charge in [0, 0.05) is 67.7 Å². The summed E-state index contributed by atoms with van der Waals surface area (Å²) in [7, 11) is 0. The standard InChI is InChI=1S/C21H24N6/c1-3-5-24-12-19(10-23)17-8-18-14-27(6-4-20(18)25-13-17)21-15(2)7-16(9-22)11-26-21/h7-8,10-13,23-24H,3-6,14H2,1-2H3/b19-12+,23-10?. The van der Waals surface area contributed by atoms with Crippen LogP contribution in [0.1, 0.15) is 41.3 Å². The summed E-state index contributed by atoms with van der Waals surface area (Å²) in [4.78, 5) is 11.4. The van der Waals surface area contributed by atoms with Crippen LogP contribution in [0.2, 0.25) is 0 Å². The number of pyridine rings is 2. The van der Waals surface area contributed by atoms with Crippen LogP contribution in [0.5, 0.6) is 0 Å². The molecule has 0 saturated heterocycles. The van der Waals surface area contributed by atoms with E-state index in [1.54, 1.807) is 6.20 Å². The molecule has 2 aromatic rings. The number of nitrogens with zero attached hydrogens (tertiary/aromatic N) is 4. The van der Waals surface area contributed by atoms with Crippen molar-refractivity contribution in [3.05, 3.63) is 58.7 Å². The molecule has 6 heteroatoms. The van der Waals surface area contributed by atoms with E-state index in [4.69, 9.17) is 10.7 Å². The second-order valence-electron chi connectivity index (χ2n) is 6.68. The van der Waals surface area contributed by atoms with Gasteiger partial charge < -0.3 is 15.6 Å². The second kappa shape index (κ2) is 8.45. The van der Waals surface area contributed by atoms with E-state index in [0.29, 0.717) is 5.56 Å². The SMILES string of the molecule is CCCN/C=C(\C=N)c1cnc2c(c1)CN(c1ncc(C#N)cc1C)CC2. The van der Waals surface area contributed by atoms with E-state index in [2.05, 4.69) is 39.2 Å². The van der Waals surface area contributed by atoms with Crippen molar-refractivity contribution in [1.82, 2.24) is 15.3 Å². The van der Waals surface area contributed by atoms with E-state index in [0.717, 1.165) is 66.3 Å². The van der Waals surface area contributed by atoms with E-state index in [1.807, 2.05) is 25.4 Å². The molecule has 0 amide bonds. The minimum absolute atomic E-state index is 0.581. The third kappa shape index (κ3) is 4.14. The first-order valence-corrected chi connectivity index (χ1v) is 9.20. The molecule has 3 heterocycles. The van der Waals surface area contributed by atoms with Crippen molar-refractivity contribution >= 4 is 17.6 Å². The van der Waals surface area contributed by atoms with Gasteiger partial charge in [0.2, 0.25) is 0 Å². The summed E-state index contributed by atoms with van der Waals surface area (Å²) >= 11 is 0. The van der Waals surface area contributed by atoms with Crippen LogP contribution in [0.3, 0.4) is 0 Å².